The van der Waals surface area contributed by atoms with Crippen molar-refractivity contribution in [3.8, 4) is 11.4 Å². The first-order valence-electron chi connectivity index (χ1n) is 11.4. The van der Waals surface area contributed by atoms with E-state index in [9.17, 15) is 9.18 Å². The number of cyclic esters (lactones) is 1. The molecule has 0 saturated carbocycles. The monoisotopic (exact) mass is 476 g/mol. The summed E-state index contributed by atoms with van der Waals surface area (Å²) in [6.07, 6.45) is 7.76. The molecule has 0 aliphatic carbocycles. The van der Waals surface area contributed by atoms with Gasteiger partial charge in [-0.2, -0.15) is 0 Å². The summed E-state index contributed by atoms with van der Waals surface area (Å²) in [4.78, 5) is 18.8. The number of imidazole rings is 1. The van der Waals surface area contributed by atoms with E-state index in [0.717, 1.165) is 22.5 Å². The van der Waals surface area contributed by atoms with Gasteiger partial charge in [-0.05, 0) is 61.4 Å². The fraction of sp³-hybridized carbons (Fsp3) is 0.259. The van der Waals surface area contributed by atoms with Gasteiger partial charge in [0, 0.05) is 18.3 Å². The number of amides is 1. The minimum atomic E-state index is -0.778. The molecule has 1 atom stereocenters. The SMILES string of the molecule is C=C(/C=C/c1ccc(-n2cnc(C)c2)c(OC)c1)N1C(=O)OCCC1(CCN)c1ccc(F)cc1. The Balaban J connectivity index is 1.65. The Morgan fingerprint density at radius 2 is 2.09 bits per heavy atom. The lowest BCUT2D eigenvalue weighted by Crippen LogP contribution is -2.53. The minimum absolute atomic E-state index is 0.246. The molecule has 1 amide bonds. The molecule has 2 heterocycles. The summed E-state index contributed by atoms with van der Waals surface area (Å²) in [5.41, 5.74) is 9.05. The molecular formula is C27H29FN4O3. The van der Waals surface area contributed by atoms with E-state index in [4.69, 9.17) is 15.2 Å². The number of benzene rings is 2. The zero-order chi connectivity index (χ0) is 25.0. The molecule has 0 bridgehead atoms. The highest BCUT2D eigenvalue weighted by molar-refractivity contribution is 5.74. The number of carbonyl (C=O) groups is 1. The van der Waals surface area contributed by atoms with Crippen LogP contribution in [-0.2, 0) is 10.3 Å². The number of aromatic nitrogens is 2. The van der Waals surface area contributed by atoms with E-state index in [-0.39, 0.29) is 12.4 Å². The van der Waals surface area contributed by atoms with Gasteiger partial charge in [0.2, 0.25) is 0 Å². The summed E-state index contributed by atoms with van der Waals surface area (Å²) in [5, 5.41) is 0. The first kappa shape index (κ1) is 24.2. The number of carbonyl (C=O) groups excluding carboxylic acids is 1. The predicted molar refractivity (Wildman–Crippen MR) is 133 cm³/mol. The molecule has 2 aromatic carbocycles. The number of methoxy groups -OCH3 is 1. The first-order valence-corrected chi connectivity index (χ1v) is 11.4. The predicted octanol–water partition coefficient (Wildman–Crippen LogP) is 4.94. The van der Waals surface area contributed by atoms with E-state index >= 15 is 0 Å². The quantitative estimate of drug-likeness (QED) is 0.466. The molecule has 3 aromatic rings. The summed E-state index contributed by atoms with van der Waals surface area (Å²) in [7, 11) is 1.61. The second-order valence-corrected chi connectivity index (χ2v) is 8.46. The van der Waals surface area contributed by atoms with Crippen LogP contribution in [0.5, 0.6) is 5.75 Å². The molecule has 8 heteroatoms. The van der Waals surface area contributed by atoms with E-state index in [1.807, 2.05) is 42.0 Å². The minimum Gasteiger partial charge on any atom is -0.495 e. The molecule has 35 heavy (non-hydrogen) atoms. The Hall–Kier alpha value is -3.91. The molecule has 182 valence electrons. The van der Waals surface area contributed by atoms with Crippen molar-refractivity contribution in [3.05, 3.63) is 96.0 Å². The van der Waals surface area contributed by atoms with Crippen molar-refractivity contribution in [2.45, 2.75) is 25.3 Å². The number of aryl methyl sites for hydroxylation is 1. The van der Waals surface area contributed by atoms with Gasteiger partial charge in [0.1, 0.15) is 11.6 Å². The number of halogens is 1. The maximum absolute atomic E-state index is 13.6. The highest BCUT2D eigenvalue weighted by Gasteiger charge is 2.45. The Kier molecular flexibility index (Phi) is 7.02. The summed E-state index contributed by atoms with van der Waals surface area (Å²) in [6.45, 7) is 6.66. The molecule has 1 unspecified atom stereocenters. The molecular weight excluding hydrogens is 447 g/mol. The molecule has 1 aliphatic heterocycles. The van der Waals surface area contributed by atoms with E-state index in [1.165, 1.54) is 17.0 Å². The fourth-order valence-corrected chi connectivity index (χ4v) is 4.54. The van der Waals surface area contributed by atoms with Crippen molar-refractivity contribution in [1.82, 2.24) is 14.5 Å². The molecule has 2 N–H and O–H groups in total. The van der Waals surface area contributed by atoms with Crippen molar-refractivity contribution in [1.29, 1.82) is 0 Å². The smallest absolute Gasteiger partial charge is 0.415 e. The van der Waals surface area contributed by atoms with Crippen LogP contribution in [0.4, 0.5) is 9.18 Å². The first-order chi connectivity index (χ1) is 16.9. The van der Waals surface area contributed by atoms with Crippen molar-refractivity contribution in [2.75, 3.05) is 20.3 Å². The van der Waals surface area contributed by atoms with Crippen molar-refractivity contribution in [2.24, 2.45) is 5.73 Å². The zero-order valence-electron chi connectivity index (χ0n) is 19.9. The van der Waals surface area contributed by atoms with Crippen LogP contribution in [0.3, 0.4) is 0 Å². The molecule has 7 nitrogen and oxygen atoms in total. The van der Waals surface area contributed by atoms with Gasteiger partial charge in [0.05, 0.1) is 37.0 Å². The number of allylic oxidation sites excluding steroid dienone is 1. The van der Waals surface area contributed by atoms with Crippen molar-refractivity contribution in [3.63, 3.8) is 0 Å². The number of nitrogens with two attached hydrogens (primary N) is 1. The maximum Gasteiger partial charge on any atom is 0.415 e. The van der Waals surface area contributed by atoms with Gasteiger partial charge in [-0.3, -0.25) is 4.90 Å². The number of rotatable bonds is 8. The summed E-state index contributed by atoms with van der Waals surface area (Å²) in [5.74, 6) is 0.333. The van der Waals surface area contributed by atoms with Gasteiger partial charge in [-0.25, -0.2) is 14.2 Å². The number of ether oxygens (including phenoxy) is 2. The van der Waals surface area contributed by atoms with E-state index in [2.05, 4.69) is 11.6 Å². The van der Waals surface area contributed by atoms with Crippen LogP contribution >= 0.6 is 0 Å². The van der Waals surface area contributed by atoms with Gasteiger partial charge >= 0.3 is 6.09 Å². The lowest BCUT2D eigenvalue weighted by atomic mass is 9.81. The van der Waals surface area contributed by atoms with Crippen LogP contribution in [0, 0.1) is 12.7 Å². The summed E-state index contributed by atoms with van der Waals surface area (Å²) < 4.78 is 26.5. The second-order valence-electron chi connectivity index (χ2n) is 8.46. The van der Waals surface area contributed by atoms with Gasteiger partial charge in [0.25, 0.3) is 0 Å². The standard InChI is InChI=1S/C27H29FN4O3/c1-19-17-31(18-30-19)24-11-6-21(16-25(24)34-3)5-4-20(2)32-26(33)35-15-13-27(32,12-14-29)22-7-9-23(28)10-8-22/h4-11,16-18H,2,12-15,29H2,1,3H3/b5-4+. The Labute approximate surface area is 204 Å². The summed E-state index contributed by atoms with van der Waals surface area (Å²) in [6, 6.07) is 11.9. The molecule has 0 spiro atoms. The maximum atomic E-state index is 13.6. The van der Waals surface area contributed by atoms with Crippen LogP contribution in [0.25, 0.3) is 11.8 Å². The van der Waals surface area contributed by atoms with Gasteiger partial charge in [0.15, 0.2) is 0 Å². The third-order valence-corrected chi connectivity index (χ3v) is 6.24. The largest absolute Gasteiger partial charge is 0.495 e. The second kappa shape index (κ2) is 10.1. The summed E-state index contributed by atoms with van der Waals surface area (Å²) >= 11 is 0. The zero-order valence-corrected chi connectivity index (χ0v) is 19.9. The van der Waals surface area contributed by atoms with Crippen LogP contribution in [-0.4, -0.2) is 40.8 Å². The molecule has 1 aromatic heterocycles. The third-order valence-electron chi connectivity index (χ3n) is 6.24. The van der Waals surface area contributed by atoms with Gasteiger partial charge < -0.3 is 19.8 Å². The lowest BCUT2D eigenvalue weighted by molar-refractivity contribution is 0.00949. The number of hydrogen-bond donors (Lipinski definition) is 1. The van der Waals surface area contributed by atoms with Crippen LogP contribution in [0.15, 0.2) is 73.3 Å². The van der Waals surface area contributed by atoms with Crippen LogP contribution in [0.2, 0.25) is 0 Å². The highest BCUT2D eigenvalue weighted by Crippen LogP contribution is 2.41. The third kappa shape index (κ3) is 4.83. The highest BCUT2D eigenvalue weighted by atomic mass is 19.1. The van der Waals surface area contributed by atoms with Gasteiger partial charge in [-0.1, -0.05) is 30.9 Å². The molecule has 0 radical (unpaired) electrons. The van der Waals surface area contributed by atoms with Crippen molar-refractivity contribution >= 4 is 12.2 Å². The molecule has 4 rings (SSSR count). The number of nitrogens with zero attached hydrogens (tertiary/aromatic N) is 3. The van der Waals surface area contributed by atoms with E-state index < -0.39 is 11.6 Å². The van der Waals surface area contributed by atoms with Gasteiger partial charge in [-0.15, -0.1) is 0 Å². The van der Waals surface area contributed by atoms with E-state index in [0.29, 0.717) is 30.8 Å². The lowest BCUT2D eigenvalue weighted by Gasteiger charge is -2.47. The topological polar surface area (TPSA) is 82.6 Å². The molecule has 1 fully saturated rings. The Morgan fingerprint density at radius 3 is 2.74 bits per heavy atom. The number of hydrogen-bond acceptors (Lipinski definition) is 5. The van der Waals surface area contributed by atoms with Crippen LogP contribution in [0.1, 0.15) is 29.7 Å². The van der Waals surface area contributed by atoms with Crippen LogP contribution < -0.4 is 10.5 Å². The Bertz CT molecular complexity index is 1250. The molecule has 1 saturated heterocycles. The Morgan fingerprint density at radius 1 is 1.31 bits per heavy atom. The average molecular weight is 477 g/mol. The van der Waals surface area contributed by atoms with Crippen molar-refractivity contribution < 1.29 is 18.7 Å². The van der Waals surface area contributed by atoms with E-state index in [1.54, 1.807) is 31.6 Å². The average Bonchev–Trinajstić information content (AvgIpc) is 3.29. The molecule has 1 aliphatic rings. The normalized spacial score (nSPS) is 18.1. The fourth-order valence-electron chi connectivity index (χ4n) is 4.54.